The molecule has 5 nitrogen and oxygen atoms in total. The molecule has 0 saturated carbocycles. The molecule has 0 radical (unpaired) electrons. The smallest absolute Gasteiger partial charge is 0.280 e. The van der Waals surface area contributed by atoms with Crippen molar-refractivity contribution in [1.29, 1.82) is 0 Å². The van der Waals surface area contributed by atoms with Gasteiger partial charge in [-0.2, -0.15) is 10.1 Å². The Bertz CT molecular complexity index is 1230. The maximum atomic E-state index is 13.3. The van der Waals surface area contributed by atoms with E-state index in [1.165, 1.54) is 16.3 Å². The summed E-state index contributed by atoms with van der Waals surface area (Å²) in [5.41, 5.74) is 3.22. The summed E-state index contributed by atoms with van der Waals surface area (Å²) in [5, 5.41) is 6.76. The maximum Gasteiger partial charge on any atom is 0.280 e. The fourth-order valence-corrected chi connectivity index (χ4v) is 4.07. The Morgan fingerprint density at radius 1 is 1.13 bits per heavy atom. The van der Waals surface area contributed by atoms with Crippen LogP contribution in [-0.2, 0) is 0 Å². The Morgan fingerprint density at radius 3 is 2.67 bits per heavy atom. The van der Waals surface area contributed by atoms with E-state index in [4.69, 9.17) is 16.3 Å². The van der Waals surface area contributed by atoms with Crippen molar-refractivity contribution in [3.63, 3.8) is 0 Å². The van der Waals surface area contributed by atoms with Crippen molar-refractivity contribution in [3.05, 3.63) is 88.4 Å². The van der Waals surface area contributed by atoms with Gasteiger partial charge in [0.2, 0.25) is 5.13 Å². The van der Waals surface area contributed by atoms with E-state index in [2.05, 4.69) is 10.1 Å². The minimum Gasteiger partial charge on any atom is -0.497 e. The van der Waals surface area contributed by atoms with Gasteiger partial charge in [0, 0.05) is 10.6 Å². The molecule has 0 aliphatic heterocycles. The number of hydrogen-bond donors (Lipinski definition) is 0. The van der Waals surface area contributed by atoms with Crippen molar-refractivity contribution in [2.75, 3.05) is 12.1 Å². The average molecular weight is 436 g/mol. The van der Waals surface area contributed by atoms with E-state index in [0.29, 0.717) is 15.7 Å². The van der Waals surface area contributed by atoms with Gasteiger partial charge >= 0.3 is 0 Å². The van der Waals surface area contributed by atoms with E-state index in [1.54, 1.807) is 37.6 Å². The van der Waals surface area contributed by atoms with E-state index in [0.717, 1.165) is 27.1 Å². The van der Waals surface area contributed by atoms with Gasteiger partial charge in [-0.25, -0.2) is 4.98 Å². The number of ether oxygens (including phenoxy) is 1. The number of amides is 1. The lowest BCUT2D eigenvalue weighted by Crippen LogP contribution is -2.25. The van der Waals surface area contributed by atoms with Gasteiger partial charge in [-0.05, 0) is 72.6 Å². The molecule has 4 aromatic rings. The lowest BCUT2D eigenvalue weighted by Gasteiger charge is -2.14. The van der Waals surface area contributed by atoms with Crippen LogP contribution in [-0.4, -0.2) is 24.2 Å². The second kappa shape index (κ2) is 8.65. The molecule has 0 unspecified atom stereocenters. The van der Waals surface area contributed by atoms with E-state index < -0.39 is 0 Å². The molecule has 0 aliphatic rings. The van der Waals surface area contributed by atoms with Crippen LogP contribution in [0.3, 0.4) is 0 Å². The Labute approximate surface area is 183 Å². The summed E-state index contributed by atoms with van der Waals surface area (Å²) in [4.78, 5) is 17.9. The van der Waals surface area contributed by atoms with Crippen molar-refractivity contribution in [1.82, 2.24) is 4.98 Å². The van der Waals surface area contributed by atoms with Crippen LogP contribution >= 0.6 is 22.9 Å². The van der Waals surface area contributed by atoms with E-state index >= 15 is 0 Å². The molecular formula is C23H18ClN3O2S. The van der Waals surface area contributed by atoms with Crippen LogP contribution < -0.4 is 9.75 Å². The van der Waals surface area contributed by atoms with Crippen molar-refractivity contribution in [2.45, 2.75) is 6.92 Å². The first-order valence-electron chi connectivity index (χ1n) is 9.19. The van der Waals surface area contributed by atoms with Gasteiger partial charge in [0.1, 0.15) is 5.75 Å². The number of benzene rings is 3. The molecule has 1 amide bonds. The number of aryl methyl sites for hydroxylation is 1. The fraction of sp³-hybridized carbons (Fsp3) is 0.0870. The van der Waals surface area contributed by atoms with Gasteiger partial charge in [0.15, 0.2) is 0 Å². The van der Waals surface area contributed by atoms with Gasteiger partial charge in [-0.15, -0.1) is 0 Å². The zero-order chi connectivity index (χ0) is 21.1. The zero-order valence-corrected chi connectivity index (χ0v) is 17.9. The first-order valence-corrected chi connectivity index (χ1v) is 10.4. The summed E-state index contributed by atoms with van der Waals surface area (Å²) in [6.07, 6.45) is 1.62. The highest BCUT2D eigenvalue weighted by Crippen LogP contribution is 2.31. The Kier molecular flexibility index (Phi) is 5.79. The van der Waals surface area contributed by atoms with Crippen molar-refractivity contribution < 1.29 is 9.53 Å². The third kappa shape index (κ3) is 4.35. The topological polar surface area (TPSA) is 54.8 Å². The van der Waals surface area contributed by atoms with Gasteiger partial charge in [0.05, 0.1) is 23.5 Å². The molecule has 0 aliphatic carbocycles. The predicted molar refractivity (Wildman–Crippen MR) is 123 cm³/mol. The van der Waals surface area contributed by atoms with Gasteiger partial charge in [0.25, 0.3) is 5.91 Å². The Morgan fingerprint density at radius 2 is 1.93 bits per heavy atom. The summed E-state index contributed by atoms with van der Waals surface area (Å²) in [7, 11) is 1.61. The highest BCUT2D eigenvalue weighted by Gasteiger charge is 2.21. The molecule has 1 heterocycles. The highest BCUT2D eigenvalue weighted by molar-refractivity contribution is 7.22. The largest absolute Gasteiger partial charge is 0.497 e. The molecule has 4 rings (SSSR count). The van der Waals surface area contributed by atoms with Crippen molar-refractivity contribution in [2.24, 2.45) is 5.10 Å². The number of methoxy groups -OCH3 is 1. The number of hydrazone groups is 1. The predicted octanol–water partition coefficient (Wildman–Crippen LogP) is 5.95. The number of rotatable bonds is 5. The minimum absolute atomic E-state index is 0.307. The number of carbonyl (C=O) groups excluding carboxylic acids is 1. The monoisotopic (exact) mass is 435 g/mol. The van der Waals surface area contributed by atoms with E-state index in [-0.39, 0.29) is 5.91 Å². The minimum atomic E-state index is -0.307. The number of anilines is 1. The maximum absolute atomic E-state index is 13.3. The van der Waals surface area contributed by atoms with Crippen LogP contribution in [0.1, 0.15) is 21.5 Å². The molecule has 1 aromatic heterocycles. The molecule has 0 saturated heterocycles. The third-order valence-electron chi connectivity index (χ3n) is 4.42. The summed E-state index contributed by atoms with van der Waals surface area (Å²) < 4.78 is 6.18. The summed E-state index contributed by atoms with van der Waals surface area (Å²) in [6, 6.07) is 20.2. The number of aromatic nitrogens is 1. The standard InChI is InChI=1S/C23H18ClN3O2S/c1-15-6-11-20-21(12-15)30-23(26-20)27(22(28)17-4-3-5-18(24)13-17)25-14-16-7-9-19(29-2)10-8-16/h3-14H,1-2H3/b25-14+. The van der Waals surface area contributed by atoms with Crippen LogP contribution in [0.2, 0.25) is 5.02 Å². The molecule has 7 heteroatoms. The SMILES string of the molecule is COc1ccc(/C=N/N(C(=O)c2cccc(Cl)c2)c2nc3ccc(C)cc3s2)cc1. The molecular weight excluding hydrogens is 418 g/mol. The number of carbonyl (C=O) groups is 1. The Hall–Kier alpha value is -3.22. The molecule has 0 bridgehead atoms. The zero-order valence-electron chi connectivity index (χ0n) is 16.4. The second-order valence-corrected chi connectivity index (χ2v) is 8.06. The molecule has 0 N–H and O–H groups in total. The van der Waals surface area contributed by atoms with E-state index in [9.17, 15) is 4.79 Å². The Balaban J connectivity index is 1.74. The molecule has 30 heavy (non-hydrogen) atoms. The molecule has 150 valence electrons. The highest BCUT2D eigenvalue weighted by atomic mass is 35.5. The van der Waals surface area contributed by atoms with Gasteiger partial charge in [-0.1, -0.05) is 35.1 Å². The fourth-order valence-electron chi connectivity index (χ4n) is 2.86. The van der Waals surface area contributed by atoms with Crippen molar-refractivity contribution >= 4 is 50.4 Å². The van der Waals surface area contributed by atoms with Crippen LogP contribution in [0.15, 0.2) is 71.8 Å². The lowest BCUT2D eigenvalue weighted by molar-refractivity contribution is 0.0988. The van der Waals surface area contributed by atoms with Crippen LogP contribution in [0.25, 0.3) is 10.2 Å². The van der Waals surface area contributed by atoms with Crippen molar-refractivity contribution in [3.8, 4) is 5.75 Å². The molecule has 3 aromatic carbocycles. The number of thiazole rings is 1. The third-order valence-corrected chi connectivity index (χ3v) is 5.64. The van der Waals surface area contributed by atoms with E-state index in [1.807, 2.05) is 49.4 Å². The summed E-state index contributed by atoms with van der Waals surface area (Å²) in [5.74, 6) is 0.443. The second-order valence-electron chi connectivity index (χ2n) is 6.61. The molecule has 0 atom stereocenters. The summed E-state index contributed by atoms with van der Waals surface area (Å²) in [6.45, 7) is 2.02. The lowest BCUT2D eigenvalue weighted by atomic mass is 10.2. The van der Waals surface area contributed by atoms with Crippen LogP contribution in [0.5, 0.6) is 5.75 Å². The first kappa shape index (κ1) is 20.1. The quantitative estimate of drug-likeness (QED) is 0.287. The first-order chi connectivity index (χ1) is 14.5. The molecule has 0 spiro atoms. The number of hydrogen-bond acceptors (Lipinski definition) is 5. The number of nitrogens with zero attached hydrogens (tertiary/aromatic N) is 3. The number of halogens is 1. The number of fused-ring (bicyclic) bond motifs is 1. The van der Waals surface area contributed by atoms with Gasteiger partial charge < -0.3 is 4.74 Å². The summed E-state index contributed by atoms with van der Waals surface area (Å²) >= 11 is 7.50. The average Bonchev–Trinajstić information content (AvgIpc) is 3.17. The van der Waals surface area contributed by atoms with Crippen LogP contribution in [0, 0.1) is 6.92 Å². The van der Waals surface area contributed by atoms with Crippen LogP contribution in [0.4, 0.5) is 5.13 Å². The van der Waals surface area contributed by atoms with Gasteiger partial charge in [-0.3, -0.25) is 4.79 Å². The molecule has 0 fully saturated rings. The normalized spacial score (nSPS) is 11.2.